The van der Waals surface area contributed by atoms with Gasteiger partial charge in [0.2, 0.25) is 5.91 Å². The number of carbonyl (C=O) groups excluding carboxylic acids is 2. The zero-order valence-electron chi connectivity index (χ0n) is 18.7. The van der Waals surface area contributed by atoms with Crippen molar-refractivity contribution in [1.29, 1.82) is 0 Å². The summed E-state index contributed by atoms with van der Waals surface area (Å²) in [6.07, 6.45) is 2.97. The molecule has 2 heterocycles. The Balaban J connectivity index is 1.57. The molecule has 2 fully saturated rings. The van der Waals surface area contributed by atoms with E-state index >= 15 is 0 Å². The minimum atomic E-state index is -0.688. The van der Waals surface area contributed by atoms with E-state index in [2.05, 4.69) is 29.7 Å². The molecule has 2 saturated heterocycles. The van der Waals surface area contributed by atoms with Crippen molar-refractivity contribution in [1.82, 2.24) is 9.96 Å². The molecule has 0 aromatic heterocycles. The number of hydrogen-bond acceptors (Lipinski definition) is 6. The zero-order chi connectivity index (χ0) is 22.7. The molecule has 0 aliphatic carbocycles. The summed E-state index contributed by atoms with van der Waals surface area (Å²) in [5, 5.41) is 3.78. The highest BCUT2D eigenvalue weighted by Gasteiger charge is 2.58. The number of esters is 1. The molecule has 170 valence electrons. The Morgan fingerprint density at radius 3 is 2.62 bits per heavy atom. The number of ether oxygens (including phenoxy) is 2. The Hall–Kier alpha value is -2.90. The Kier molecular flexibility index (Phi) is 6.48. The van der Waals surface area contributed by atoms with Crippen molar-refractivity contribution in [2.24, 2.45) is 5.92 Å². The van der Waals surface area contributed by atoms with Gasteiger partial charge in [-0.05, 0) is 29.7 Å². The van der Waals surface area contributed by atoms with E-state index in [-0.39, 0.29) is 24.9 Å². The third-order valence-electron chi connectivity index (χ3n) is 6.79. The van der Waals surface area contributed by atoms with Crippen LogP contribution >= 0.6 is 0 Å². The van der Waals surface area contributed by atoms with E-state index in [1.165, 1.54) is 22.9 Å². The number of methoxy groups -OCH3 is 2. The fraction of sp³-hybridized carbons (Fsp3) is 0.440. The van der Waals surface area contributed by atoms with Crippen LogP contribution in [0.3, 0.4) is 0 Å². The molecule has 1 atom stereocenters. The standard InChI is InChI=1S/C25H30N2O5/c1-4-15-32-27-23(28)16-21(24(29)31-3)25(27)11-13-26(14-12-25)17-20-19-8-6-5-7-18(19)9-10-22(20)30-2/h4-10,21H,1,11-17H2,2-3H3/t21-/m0/s1. The fourth-order valence-corrected chi connectivity index (χ4v) is 5.15. The van der Waals surface area contributed by atoms with Crippen molar-refractivity contribution in [3.63, 3.8) is 0 Å². The molecule has 32 heavy (non-hydrogen) atoms. The number of hydroxylamine groups is 2. The smallest absolute Gasteiger partial charge is 0.311 e. The molecule has 1 spiro atoms. The van der Waals surface area contributed by atoms with Crippen molar-refractivity contribution in [3.8, 4) is 5.75 Å². The van der Waals surface area contributed by atoms with Crippen LogP contribution in [0.2, 0.25) is 0 Å². The molecule has 2 aliphatic heterocycles. The van der Waals surface area contributed by atoms with Crippen LogP contribution in [-0.4, -0.2) is 61.3 Å². The molecule has 2 aromatic rings. The van der Waals surface area contributed by atoms with Crippen molar-refractivity contribution >= 4 is 22.6 Å². The highest BCUT2D eigenvalue weighted by Crippen LogP contribution is 2.45. The maximum Gasteiger partial charge on any atom is 0.311 e. The number of carbonyl (C=O) groups is 2. The summed E-state index contributed by atoms with van der Waals surface area (Å²) in [4.78, 5) is 33.4. The van der Waals surface area contributed by atoms with Crippen LogP contribution in [-0.2, 0) is 25.7 Å². The van der Waals surface area contributed by atoms with Crippen LogP contribution in [0.5, 0.6) is 5.75 Å². The second-order valence-corrected chi connectivity index (χ2v) is 8.40. The predicted octanol–water partition coefficient (Wildman–Crippen LogP) is 3.32. The number of nitrogens with zero attached hydrogens (tertiary/aromatic N) is 2. The summed E-state index contributed by atoms with van der Waals surface area (Å²) < 4.78 is 10.7. The van der Waals surface area contributed by atoms with Gasteiger partial charge in [0, 0.05) is 31.6 Å². The van der Waals surface area contributed by atoms with Crippen LogP contribution in [0.1, 0.15) is 24.8 Å². The van der Waals surface area contributed by atoms with Gasteiger partial charge in [0.1, 0.15) is 5.75 Å². The molecule has 1 amide bonds. The Morgan fingerprint density at radius 1 is 1.19 bits per heavy atom. The molecule has 0 bridgehead atoms. The molecule has 2 aliphatic rings. The first kappa shape index (κ1) is 22.3. The largest absolute Gasteiger partial charge is 0.496 e. The van der Waals surface area contributed by atoms with E-state index < -0.39 is 11.5 Å². The van der Waals surface area contributed by atoms with Gasteiger partial charge in [-0.15, -0.1) is 6.58 Å². The molecule has 7 nitrogen and oxygen atoms in total. The molecule has 0 radical (unpaired) electrons. The maximum atomic E-state index is 12.7. The minimum Gasteiger partial charge on any atom is -0.496 e. The fourth-order valence-electron chi connectivity index (χ4n) is 5.15. The Labute approximate surface area is 188 Å². The first-order valence-electron chi connectivity index (χ1n) is 11.0. The van der Waals surface area contributed by atoms with Gasteiger partial charge in [-0.2, -0.15) is 0 Å². The number of hydrogen-bond donors (Lipinski definition) is 0. The summed E-state index contributed by atoms with van der Waals surface area (Å²) in [6.45, 7) is 6.07. The quantitative estimate of drug-likeness (QED) is 0.488. The lowest BCUT2D eigenvalue weighted by Gasteiger charge is -2.45. The average Bonchev–Trinajstić information content (AvgIpc) is 3.09. The molecule has 7 heteroatoms. The van der Waals surface area contributed by atoms with Crippen LogP contribution < -0.4 is 4.74 Å². The van der Waals surface area contributed by atoms with E-state index in [1.807, 2.05) is 18.2 Å². The second kappa shape index (κ2) is 9.30. The van der Waals surface area contributed by atoms with Crippen molar-refractivity contribution in [3.05, 3.63) is 54.6 Å². The number of fused-ring (bicyclic) bond motifs is 1. The summed E-state index contributed by atoms with van der Waals surface area (Å²) in [7, 11) is 3.06. The SMILES string of the molecule is C=CCON1C(=O)C[C@@H](C(=O)OC)C12CCN(Cc1c(OC)ccc3ccccc13)CC2. The van der Waals surface area contributed by atoms with Crippen LogP contribution in [0.4, 0.5) is 0 Å². The third kappa shape index (κ3) is 3.87. The van der Waals surface area contributed by atoms with Gasteiger partial charge in [0.05, 0.1) is 32.3 Å². The molecule has 2 aromatic carbocycles. The van der Waals surface area contributed by atoms with Gasteiger partial charge in [-0.25, -0.2) is 5.06 Å². The highest BCUT2D eigenvalue weighted by molar-refractivity contribution is 5.89. The number of benzene rings is 2. The number of piperidine rings is 1. The van der Waals surface area contributed by atoms with E-state index in [1.54, 1.807) is 13.2 Å². The monoisotopic (exact) mass is 438 g/mol. The van der Waals surface area contributed by atoms with Crippen LogP contribution in [0, 0.1) is 5.92 Å². The topological polar surface area (TPSA) is 68.3 Å². The summed E-state index contributed by atoms with van der Waals surface area (Å²) in [5.74, 6) is -0.193. The van der Waals surface area contributed by atoms with Crippen LogP contribution in [0.15, 0.2) is 49.1 Å². The second-order valence-electron chi connectivity index (χ2n) is 8.40. The Morgan fingerprint density at radius 2 is 1.94 bits per heavy atom. The molecule has 0 unspecified atom stereocenters. The zero-order valence-corrected chi connectivity index (χ0v) is 18.7. The molecular formula is C25H30N2O5. The summed E-state index contributed by atoms with van der Waals surface area (Å²) in [6, 6.07) is 12.4. The number of likely N-dealkylation sites (tertiary alicyclic amines) is 1. The summed E-state index contributed by atoms with van der Waals surface area (Å²) >= 11 is 0. The third-order valence-corrected chi connectivity index (χ3v) is 6.79. The maximum absolute atomic E-state index is 12.7. The number of amides is 1. The van der Waals surface area contributed by atoms with E-state index in [9.17, 15) is 9.59 Å². The highest BCUT2D eigenvalue weighted by atomic mass is 16.7. The lowest BCUT2D eigenvalue weighted by atomic mass is 9.77. The summed E-state index contributed by atoms with van der Waals surface area (Å²) in [5.41, 5.74) is 0.459. The van der Waals surface area contributed by atoms with Gasteiger partial charge in [0.15, 0.2) is 0 Å². The Bertz CT molecular complexity index is 1010. The lowest BCUT2D eigenvalue weighted by molar-refractivity contribution is -0.218. The van der Waals surface area contributed by atoms with Crippen molar-refractivity contribution < 1.29 is 23.9 Å². The first-order chi connectivity index (χ1) is 15.5. The first-order valence-corrected chi connectivity index (χ1v) is 11.0. The van der Waals surface area contributed by atoms with Gasteiger partial charge >= 0.3 is 5.97 Å². The van der Waals surface area contributed by atoms with Gasteiger partial charge in [-0.1, -0.05) is 36.4 Å². The van der Waals surface area contributed by atoms with Crippen LogP contribution in [0.25, 0.3) is 10.8 Å². The van der Waals surface area contributed by atoms with Gasteiger partial charge in [0.25, 0.3) is 0 Å². The van der Waals surface area contributed by atoms with E-state index in [0.717, 1.165) is 30.9 Å². The normalized spacial score (nSPS) is 20.6. The van der Waals surface area contributed by atoms with Gasteiger partial charge in [-0.3, -0.25) is 19.3 Å². The van der Waals surface area contributed by atoms with Crippen molar-refractivity contribution in [2.45, 2.75) is 31.3 Å². The molecule has 0 saturated carbocycles. The van der Waals surface area contributed by atoms with E-state index in [4.69, 9.17) is 14.3 Å². The molecular weight excluding hydrogens is 408 g/mol. The molecule has 0 N–H and O–H groups in total. The molecule has 4 rings (SSSR count). The minimum absolute atomic E-state index is 0.112. The van der Waals surface area contributed by atoms with E-state index in [0.29, 0.717) is 12.8 Å². The van der Waals surface area contributed by atoms with Gasteiger partial charge < -0.3 is 9.47 Å². The number of rotatable bonds is 7. The predicted molar refractivity (Wildman–Crippen MR) is 121 cm³/mol. The average molecular weight is 439 g/mol. The van der Waals surface area contributed by atoms with Crippen molar-refractivity contribution in [2.75, 3.05) is 33.9 Å². The lowest BCUT2D eigenvalue weighted by Crippen LogP contribution is -2.57.